The molecule has 0 aliphatic rings. The Balaban J connectivity index is 4.12. The van der Waals surface area contributed by atoms with Crippen molar-refractivity contribution >= 4 is 45.5 Å². The molecule has 0 spiro atoms. The first-order valence-corrected chi connectivity index (χ1v) is 13.0. The molecule has 0 fully saturated rings. The monoisotopic (exact) mass is 400 g/mol. The zero-order valence-corrected chi connectivity index (χ0v) is 11.0. The standard InChI is InChI=1S/C6H10I2O2S/c1-3-5-8(7)6(4-2)11(9)10/h3-4,6H,1-2,5H2,(H,9,10). The van der Waals surface area contributed by atoms with Crippen LogP contribution in [0.4, 0.5) is 0 Å². The summed E-state index contributed by atoms with van der Waals surface area (Å²) >= 11 is -0.816. The predicted octanol–water partition coefficient (Wildman–Crippen LogP) is 2.76. The summed E-state index contributed by atoms with van der Waals surface area (Å²) in [6.07, 6.45) is 3.39. The normalized spacial score (nSPS) is 16.7. The quantitative estimate of drug-likeness (QED) is 0.334. The van der Waals surface area contributed by atoms with E-state index in [-0.39, 0.29) is 3.26 Å². The molecule has 0 aromatic rings. The second-order valence-electron chi connectivity index (χ2n) is 1.64. The fourth-order valence-corrected chi connectivity index (χ4v) is 10.5. The third-order valence-corrected chi connectivity index (χ3v) is 15.3. The Labute approximate surface area is 86.4 Å². The average Bonchev–Trinajstić information content (AvgIpc) is 1.88. The molecule has 0 saturated carbocycles. The van der Waals surface area contributed by atoms with Crippen LogP contribution in [-0.4, -0.2) is 16.4 Å². The molecule has 1 N–H and O–H groups in total. The van der Waals surface area contributed by atoms with Gasteiger partial charge < -0.3 is 0 Å². The maximum absolute atomic E-state index is 10.7. The fourth-order valence-electron chi connectivity index (χ4n) is 0.454. The van der Waals surface area contributed by atoms with Gasteiger partial charge in [-0.3, -0.25) is 0 Å². The van der Waals surface area contributed by atoms with E-state index in [9.17, 15) is 4.21 Å². The molecule has 66 valence electrons. The molecular formula is C6H10I2O2S. The molecule has 5 heteroatoms. The van der Waals surface area contributed by atoms with Crippen LogP contribution in [0.25, 0.3) is 0 Å². The van der Waals surface area contributed by atoms with Crippen molar-refractivity contribution in [2.45, 2.75) is 3.26 Å². The van der Waals surface area contributed by atoms with Crippen LogP contribution in [0.2, 0.25) is 0 Å². The summed E-state index contributed by atoms with van der Waals surface area (Å²) in [4.78, 5) is 0. The molecule has 2 unspecified atom stereocenters. The van der Waals surface area contributed by atoms with Crippen LogP contribution in [0, 0.1) is 0 Å². The van der Waals surface area contributed by atoms with Gasteiger partial charge in [0.25, 0.3) is 0 Å². The van der Waals surface area contributed by atoms with Crippen LogP contribution >= 0.6 is 34.5 Å². The van der Waals surface area contributed by atoms with Crippen LogP contribution in [0.5, 0.6) is 0 Å². The molecule has 0 aromatic heterocycles. The van der Waals surface area contributed by atoms with E-state index < -0.39 is 26.9 Å². The zero-order valence-electron chi connectivity index (χ0n) is 5.87. The van der Waals surface area contributed by atoms with Crippen molar-refractivity contribution in [2.75, 3.05) is 4.43 Å². The zero-order chi connectivity index (χ0) is 8.85. The molecule has 0 aliphatic carbocycles. The summed E-state index contributed by atoms with van der Waals surface area (Å²) < 4.78 is 20.2. The Hall–Kier alpha value is 1.05. The number of halogens is 2. The van der Waals surface area contributed by atoms with E-state index in [4.69, 9.17) is 4.55 Å². The third-order valence-electron chi connectivity index (χ3n) is 0.868. The first-order chi connectivity index (χ1) is 5.13. The predicted molar refractivity (Wildman–Crippen MR) is 67.9 cm³/mol. The third kappa shape index (κ3) is 4.58. The maximum atomic E-state index is 10.7. The van der Waals surface area contributed by atoms with Crippen molar-refractivity contribution in [3.05, 3.63) is 25.3 Å². The van der Waals surface area contributed by atoms with Crippen molar-refractivity contribution in [3.8, 4) is 0 Å². The molecule has 0 aliphatic heterocycles. The van der Waals surface area contributed by atoms with Gasteiger partial charge in [0.2, 0.25) is 0 Å². The van der Waals surface area contributed by atoms with Crippen molar-refractivity contribution in [1.29, 1.82) is 0 Å². The van der Waals surface area contributed by atoms with Crippen molar-refractivity contribution in [3.63, 3.8) is 0 Å². The minimum atomic E-state index is -1.74. The summed E-state index contributed by atoms with van der Waals surface area (Å²) in [6.45, 7) is 7.13. The second kappa shape index (κ2) is 6.55. The van der Waals surface area contributed by atoms with Crippen LogP contribution < -0.4 is 0 Å². The van der Waals surface area contributed by atoms with E-state index in [0.717, 1.165) is 4.43 Å². The Morgan fingerprint density at radius 2 is 2.27 bits per heavy atom. The van der Waals surface area contributed by atoms with Crippen LogP contribution in [0.1, 0.15) is 0 Å². The van der Waals surface area contributed by atoms with Crippen LogP contribution in [-0.2, 0) is 11.1 Å². The van der Waals surface area contributed by atoms with E-state index in [2.05, 4.69) is 31.8 Å². The summed E-state index contributed by atoms with van der Waals surface area (Å²) in [5.74, 6) is 0. The summed E-state index contributed by atoms with van der Waals surface area (Å²) in [5, 5.41) is 0. The Morgan fingerprint density at radius 3 is 2.55 bits per heavy atom. The molecule has 0 bridgehead atoms. The van der Waals surface area contributed by atoms with E-state index in [0.29, 0.717) is 0 Å². The van der Waals surface area contributed by atoms with Gasteiger partial charge in [-0.1, -0.05) is 0 Å². The van der Waals surface area contributed by atoms with Crippen molar-refractivity contribution in [1.82, 2.24) is 0 Å². The van der Waals surface area contributed by atoms with E-state index in [1.54, 1.807) is 12.2 Å². The van der Waals surface area contributed by atoms with Gasteiger partial charge in [-0.05, 0) is 0 Å². The summed E-state index contributed by atoms with van der Waals surface area (Å²) in [7, 11) is 0. The molecule has 2 nitrogen and oxygen atoms in total. The second-order valence-corrected chi connectivity index (χ2v) is 14.7. The Kier molecular flexibility index (Phi) is 7.18. The number of hydrogen-bond donors (Lipinski definition) is 1. The van der Waals surface area contributed by atoms with Gasteiger partial charge in [0.1, 0.15) is 0 Å². The van der Waals surface area contributed by atoms with Crippen molar-refractivity contribution in [2.24, 2.45) is 0 Å². The molecule has 0 rings (SSSR count). The van der Waals surface area contributed by atoms with Gasteiger partial charge in [0.05, 0.1) is 0 Å². The van der Waals surface area contributed by atoms with Crippen LogP contribution in [0.15, 0.2) is 25.3 Å². The van der Waals surface area contributed by atoms with Gasteiger partial charge in [-0.25, -0.2) is 0 Å². The number of rotatable bonds is 5. The topological polar surface area (TPSA) is 37.3 Å². The van der Waals surface area contributed by atoms with E-state index in [1.165, 1.54) is 0 Å². The molecule has 0 radical (unpaired) electrons. The van der Waals surface area contributed by atoms with Gasteiger partial charge in [-0.2, -0.15) is 0 Å². The average molecular weight is 400 g/mol. The van der Waals surface area contributed by atoms with Gasteiger partial charge in [0.15, 0.2) is 0 Å². The Bertz CT molecular complexity index is 172. The molecule has 0 heterocycles. The first-order valence-electron chi connectivity index (χ1n) is 2.77. The van der Waals surface area contributed by atoms with Gasteiger partial charge >= 0.3 is 87.3 Å². The number of allylic oxidation sites excluding steroid dienone is 1. The van der Waals surface area contributed by atoms with Crippen LogP contribution in [0.3, 0.4) is 0 Å². The van der Waals surface area contributed by atoms with Gasteiger partial charge in [-0.15, -0.1) is 0 Å². The molecule has 2 atom stereocenters. The molecule has 0 amide bonds. The SMILES string of the molecule is C=CCI(I)C(C=C)S(=O)O. The summed E-state index contributed by atoms with van der Waals surface area (Å²) in [5.41, 5.74) is 0. The Morgan fingerprint density at radius 1 is 1.73 bits per heavy atom. The molecule has 0 saturated heterocycles. The number of alkyl halides is 2. The fraction of sp³-hybridized carbons (Fsp3) is 0.333. The minimum absolute atomic E-state index is 0.196. The number of hydrogen-bond acceptors (Lipinski definition) is 1. The first kappa shape index (κ1) is 12.0. The molecule has 0 aromatic carbocycles. The van der Waals surface area contributed by atoms with E-state index in [1.807, 2.05) is 0 Å². The summed E-state index contributed by atoms with van der Waals surface area (Å²) in [6, 6.07) is 0. The van der Waals surface area contributed by atoms with Crippen molar-refractivity contribution < 1.29 is 8.76 Å². The van der Waals surface area contributed by atoms with E-state index >= 15 is 0 Å². The molecule has 11 heavy (non-hydrogen) atoms. The molecular weight excluding hydrogens is 390 g/mol. The van der Waals surface area contributed by atoms with Gasteiger partial charge in [0, 0.05) is 0 Å².